The van der Waals surface area contributed by atoms with Crippen molar-refractivity contribution in [3.05, 3.63) is 57.0 Å². The maximum atomic E-state index is 3.68. The van der Waals surface area contributed by atoms with Gasteiger partial charge in [0.25, 0.3) is 0 Å². The summed E-state index contributed by atoms with van der Waals surface area (Å²) in [7, 11) is 0. The Kier molecular flexibility index (Phi) is 4.05. The molecule has 0 saturated carbocycles. The second kappa shape index (κ2) is 5.36. The molecule has 2 aromatic rings. The maximum Gasteiger partial charge on any atom is 0.0358 e. The first-order valence-electron chi connectivity index (χ1n) is 5.64. The number of benzene rings is 2. The monoisotopic (exact) mass is 352 g/mol. The summed E-state index contributed by atoms with van der Waals surface area (Å²) in [4.78, 5) is 0. The highest BCUT2D eigenvalue weighted by atomic mass is 79.9. The van der Waals surface area contributed by atoms with Crippen molar-refractivity contribution in [3.63, 3.8) is 0 Å². The number of rotatable bonds is 2. The van der Waals surface area contributed by atoms with Crippen LogP contribution < -0.4 is 0 Å². The molecule has 0 atom stereocenters. The van der Waals surface area contributed by atoms with Gasteiger partial charge in [0.1, 0.15) is 0 Å². The molecule has 2 rings (SSSR count). The highest BCUT2D eigenvalue weighted by molar-refractivity contribution is 9.13. The molecule has 0 N–H and O–H groups in total. The van der Waals surface area contributed by atoms with Crippen LogP contribution >= 0.6 is 31.9 Å². The summed E-state index contributed by atoms with van der Waals surface area (Å²) in [6.07, 6.45) is 0. The molecular formula is C15H14Br2. The van der Waals surface area contributed by atoms with Crippen LogP contribution in [0.3, 0.4) is 0 Å². The summed E-state index contributed by atoms with van der Waals surface area (Å²) < 4.78 is 2.27. The van der Waals surface area contributed by atoms with Crippen LogP contribution in [0.25, 0.3) is 11.1 Å². The molecule has 0 bridgehead atoms. The number of hydrogen-bond acceptors (Lipinski definition) is 0. The number of halogens is 2. The fourth-order valence-corrected chi connectivity index (χ4v) is 3.15. The lowest BCUT2D eigenvalue weighted by Crippen LogP contribution is -1.95. The Labute approximate surface area is 119 Å². The van der Waals surface area contributed by atoms with Gasteiger partial charge in [0, 0.05) is 8.95 Å². The van der Waals surface area contributed by atoms with Gasteiger partial charge >= 0.3 is 0 Å². The lowest BCUT2D eigenvalue weighted by molar-refractivity contribution is 0.862. The van der Waals surface area contributed by atoms with Crippen LogP contribution in [0.15, 0.2) is 51.4 Å². The summed E-state index contributed by atoms with van der Waals surface area (Å²) in [5.41, 5.74) is 3.92. The highest BCUT2D eigenvalue weighted by Gasteiger charge is 2.14. The van der Waals surface area contributed by atoms with Gasteiger partial charge in [-0.3, -0.25) is 0 Å². The van der Waals surface area contributed by atoms with E-state index in [1.54, 1.807) is 0 Å². The average molecular weight is 354 g/mol. The summed E-state index contributed by atoms with van der Waals surface area (Å²) in [6.45, 7) is 4.44. The van der Waals surface area contributed by atoms with E-state index in [1.165, 1.54) is 16.7 Å². The fourth-order valence-electron chi connectivity index (χ4n) is 2.00. The molecule has 0 aromatic heterocycles. The van der Waals surface area contributed by atoms with Gasteiger partial charge in [-0.2, -0.15) is 0 Å². The van der Waals surface area contributed by atoms with Crippen LogP contribution in [0.4, 0.5) is 0 Å². The Morgan fingerprint density at radius 2 is 1.53 bits per heavy atom. The molecule has 0 fully saturated rings. The van der Waals surface area contributed by atoms with E-state index < -0.39 is 0 Å². The van der Waals surface area contributed by atoms with Gasteiger partial charge in [-0.25, -0.2) is 0 Å². The van der Waals surface area contributed by atoms with Crippen LogP contribution in [0.2, 0.25) is 0 Å². The lowest BCUT2D eigenvalue weighted by Gasteiger charge is -2.16. The third-order valence-electron chi connectivity index (χ3n) is 2.79. The first-order valence-corrected chi connectivity index (χ1v) is 7.23. The third-order valence-corrected chi connectivity index (χ3v) is 4.84. The molecule has 0 aliphatic rings. The highest BCUT2D eigenvalue weighted by Crippen LogP contribution is 2.38. The van der Waals surface area contributed by atoms with Crippen LogP contribution in [-0.2, 0) is 0 Å². The largest absolute Gasteiger partial charge is 0.0622 e. The molecule has 0 aliphatic carbocycles. The molecule has 0 heterocycles. The lowest BCUT2D eigenvalue weighted by atomic mass is 9.93. The topological polar surface area (TPSA) is 0 Å². The third kappa shape index (κ3) is 2.63. The van der Waals surface area contributed by atoms with Crippen molar-refractivity contribution in [2.45, 2.75) is 19.8 Å². The first-order chi connectivity index (χ1) is 8.11. The van der Waals surface area contributed by atoms with Crippen LogP contribution in [0, 0.1) is 0 Å². The zero-order valence-electron chi connectivity index (χ0n) is 9.87. The van der Waals surface area contributed by atoms with E-state index in [-0.39, 0.29) is 0 Å². The summed E-state index contributed by atoms with van der Waals surface area (Å²) in [5.74, 6) is 0.483. The summed E-state index contributed by atoms with van der Waals surface area (Å²) >= 11 is 7.26. The predicted octanol–water partition coefficient (Wildman–Crippen LogP) is 6.00. The SMILES string of the molecule is CC(C)c1c(-c2ccccc2)ccc(Br)c1Br. The van der Waals surface area contributed by atoms with E-state index >= 15 is 0 Å². The Morgan fingerprint density at radius 3 is 2.12 bits per heavy atom. The molecule has 0 nitrogen and oxygen atoms in total. The Balaban J connectivity index is 2.67. The van der Waals surface area contributed by atoms with Crippen molar-refractivity contribution in [1.82, 2.24) is 0 Å². The van der Waals surface area contributed by atoms with Crippen molar-refractivity contribution in [2.75, 3.05) is 0 Å². The van der Waals surface area contributed by atoms with Crippen molar-refractivity contribution in [1.29, 1.82) is 0 Å². The molecule has 17 heavy (non-hydrogen) atoms. The summed E-state index contributed by atoms with van der Waals surface area (Å²) in [5, 5.41) is 0. The van der Waals surface area contributed by atoms with E-state index in [0.717, 1.165) is 8.95 Å². The second-order valence-electron chi connectivity index (χ2n) is 4.34. The zero-order chi connectivity index (χ0) is 12.4. The Morgan fingerprint density at radius 1 is 0.882 bits per heavy atom. The predicted molar refractivity (Wildman–Crippen MR) is 81.4 cm³/mol. The molecule has 0 radical (unpaired) electrons. The van der Waals surface area contributed by atoms with Crippen molar-refractivity contribution >= 4 is 31.9 Å². The minimum Gasteiger partial charge on any atom is -0.0622 e. The quantitative estimate of drug-likeness (QED) is 0.620. The molecule has 0 aliphatic heterocycles. The van der Waals surface area contributed by atoms with Crippen LogP contribution in [0.5, 0.6) is 0 Å². The minimum atomic E-state index is 0.483. The second-order valence-corrected chi connectivity index (χ2v) is 5.99. The molecule has 88 valence electrons. The molecule has 0 unspecified atom stereocenters. The van der Waals surface area contributed by atoms with Crippen LogP contribution in [-0.4, -0.2) is 0 Å². The van der Waals surface area contributed by atoms with Crippen LogP contribution in [0.1, 0.15) is 25.3 Å². The number of hydrogen-bond donors (Lipinski definition) is 0. The van der Waals surface area contributed by atoms with Crippen molar-refractivity contribution in [3.8, 4) is 11.1 Å². The van der Waals surface area contributed by atoms with Gasteiger partial charge in [-0.15, -0.1) is 0 Å². The average Bonchev–Trinajstić information content (AvgIpc) is 2.33. The van der Waals surface area contributed by atoms with E-state index in [9.17, 15) is 0 Å². The molecule has 2 heteroatoms. The Hall–Kier alpha value is -0.600. The summed E-state index contributed by atoms with van der Waals surface area (Å²) in [6, 6.07) is 14.8. The van der Waals surface area contributed by atoms with E-state index in [1.807, 2.05) is 6.07 Å². The molecule has 0 amide bonds. The van der Waals surface area contributed by atoms with Gasteiger partial charge in [0.15, 0.2) is 0 Å². The van der Waals surface area contributed by atoms with E-state index in [0.29, 0.717) is 5.92 Å². The molecule has 2 aromatic carbocycles. The molecule has 0 spiro atoms. The van der Waals surface area contributed by atoms with E-state index in [2.05, 4.69) is 82.1 Å². The van der Waals surface area contributed by atoms with Gasteiger partial charge < -0.3 is 0 Å². The van der Waals surface area contributed by atoms with E-state index in [4.69, 9.17) is 0 Å². The zero-order valence-corrected chi connectivity index (χ0v) is 13.0. The Bertz CT molecular complexity index is 516. The van der Waals surface area contributed by atoms with Crippen molar-refractivity contribution < 1.29 is 0 Å². The van der Waals surface area contributed by atoms with Crippen molar-refractivity contribution in [2.24, 2.45) is 0 Å². The first kappa shape index (κ1) is 12.8. The molecule has 0 saturated heterocycles. The standard InChI is InChI=1S/C15H14Br2/c1-10(2)14-12(8-9-13(16)15(14)17)11-6-4-3-5-7-11/h3-10H,1-2H3. The van der Waals surface area contributed by atoms with Gasteiger partial charge in [-0.05, 0) is 60.5 Å². The maximum absolute atomic E-state index is 3.68. The smallest absolute Gasteiger partial charge is 0.0358 e. The van der Waals surface area contributed by atoms with Gasteiger partial charge in [0.2, 0.25) is 0 Å². The van der Waals surface area contributed by atoms with Gasteiger partial charge in [0.05, 0.1) is 0 Å². The minimum absolute atomic E-state index is 0.483. The normalized spacial score (nSPS) is 10.9. The molecular weight excluding hydrogens is 340 g/mol. The van der Waals surface area contributed by atoms with Gasteiger partial charge in [-0.1, -0.05) is 50.2 Å². The fraction of sp³-hybridized carbons (Fsp3) is 0.200.